The van der Waals surface area contributed by atoms with Gasteiger partial charge in [0.25, 0.3) is 0 Å². The van der Waals surface area contributed by atoms with Crippen LogP contribution < -0.4 is 0 Å². The van der Waals surface area contributed by atoms with Crippen molar-refractivity contribution >= 4 is 23.2 Å². The smallest absolute Gasteiger partial charge is 0.0816 e. The second-order valence-electron chi connectivity index (χ2n) is 2.56. The van der Waals surface area contributed by atoms with Crippen molar-refractivity contribution in [2.75, 3.05) is 0 Å². The maximum absolute atomic E-state index is 9.52. The minimum atomic E-state index is -0.564. The van der Waals surface area contributed by atoms with Crippen molar-refractivity contribution in [1.29, 1.82) is 0 Å². The molecule has 0 aliphatic carbocycles. The molecule has 12 heavy (non-hydrogen) atoms. The maximum Gasteiger partial charge on any atom is 0.0816 e. The number of benzene rings is 1. The van der Waals surface area contributed by atoms with E-state index in [0.29, 0.717) is 22.0 Å². The molecule has 0 aliphatic rings. The summed E-state index contributed by atoms with van der Waals surface area (Å²) >= 11 is 11.7. The van der Waals surface area contributed by atoms with Gasteiger partial charge in [0.15, 0.2) is 0 Å². The summed E-state index contributed by atoms with van der Waals surface area (Å²) in [5, 5.41) is 10.6. The van der Waals surface area contributed by atoms with Crippen molar-refractivity contribution in [3.63, 3.8) is 0 Å². The Morgan fingerprint density at radius 1 is 1.33 bits per heavy atom. The normalized spacial score (nSPS) is 13.0. The molecule has 0 spiro atoms. The molecular formula is C9H10Cl2O. The van der Waals surface area contributed by atoms with Gasteiger partial charge in [-0.3, -0.25) is 0 Å². The second kappa shape index (κ2) is 4.13. The molecule has 0 fully saturated rings. The van der Waals surface area contributed by atoms with Crippen LogP contribution >= 0.6 is 23.2 Å². The molecule has 1 aromatic carbocycles. The van der Waals surface area contributed by atoms with Crippen LogP contribution in [-0.2, 0) is 0 Å². The predicted molar refractivity (Wildman–Crippen MR) is 51.7 cm³/mol. The van der Waals surface area contributed by atoms with E-state index in [9.17, 15) is 5.11 Å². The van der Waals surface area contributed by atoms with Gasteiger partial charge in [-0.05, 0) is 18.6 Å². The average Bonchev–Trinajstić information content (AvgIpc) is 2.03. The molecule has 1 N–H and O–H groups in total. The Balaban J connectivity index is 3.12. The van der Waals surface area contributed by atoms with E-state index in [0.717, 1.165) is 0 Å². The highest BCUT2D eigenvalue weighted by Crippen LogP contribution is 2.31. The van der Waals surface area contributed by atoms with E-state index < -0.39 is 6.10 Å². The lowest BCUT2D eigenvalue weighted by Crippen LogP contribution is -1.96. The van der Waals surface area contributed by atoms with E-state index in [1.807, 2.05) is 6.92 Å². The molecule has 1 atom stereocenters. The number of hydrogen-bond acceptors (Lipinski definition) is 1. The highest BCUT2D eigenvalue weighted by atomic mass is 35.5. The molecule has 66 valence electrons. The van der Waals surface area contributed by atoms with Crippen LogP contribution in [0, 0.1) is 0 Å². The number of rotatable bonds is 2. The van der Waals surface area contributed by atoms with Crippen LogP contribution in [0.5, 0.6) is 0 Å². The van der Waals surface area contributed by atoms with Gasteiger partial charge in [0, 0.05) is 15.6 Å². The van der Waals surface area contributed by atoms with E-state index in [-0.39, 0.29) is 0 Å². The third-order valence-electron chi connectivity index (χ3n) is 1.72. The Bertz CT molecular complexity index is 253. The van der Waals surface area contributed by atoms with Crippen molar-refractivity contribution in [3.8, 4) is 0 Å². The number of halogens is 2. The Morgan fingerprint density at radius 3 is 2.25 bits per heavy atom. The molecule has 1 rings (SSSR count). The summed E-state index contributed by atoms with van der Waals surface area (Å²) in [6, 6.07) is 5.21. The third kappa shape index (κ3) is 1.92. The highest BCUT2D eigenvalue weighted by molar-refractivity contribution is 6.36. The van der Waals surface area contributed by atoms with Gasteiger partial charge in [-0.25, -0.2) is 0 Å². The molecule has 1 aromatic rings. The van der Waals surface area contributed by atoms with Crippen LogP contribution in [0.3, 0.4) is 0 Å². The van der Waals surface area contributed by atoms with Gasteiger partial charge in [0.1, 0.15) is 0 Å². The van der Waals surface area contributed by atoms with Gasteiger partial charge >= 0.3 is 0 Å². The first-order valence-corrected chi connectivity index (χ1v) is 4.54. The fourth-order valence-electron chi connectivity index (χ4n) is 1.03. The SMILES string of the molecule is CC[C@H](O)c1c(Cl)cccc1Cl. The van der Waals surface area contributed by atoms with Crippen molar-refractivity contribution in [1.82, 2.24) is 0 Å². The molecule has 3 heteroatoms. The van der Waals surface area contributed by atoms with Gasteiger partial charge in [0.05, 0.1) is 6.10 Å². The third-order valence-corrected chi connectivity index (χ3v) is 2.38. The van der Waals surface area contributed by atoms with Crippen molar-refractivity contribution < 1.29 is 5.11 Å². The van der Waals surface area contributed by atoms with E-state index in [2.05, 4.69) is 0 Å². The first-order chi connectivity index (χ1) is 5.66. The molecule has 0 aliphatic heterocycles. The Hall–Kier alpha value is -0.240. The quantitative estimate of drug-likeness (QED) is 0.783. The molecule has 0 aromatic heterocycles. The number of hydrogen-bond donors (Lipinski definition) is 1. The standard InChI is InChI=1S/C9H10Cl2O/c1-2-8(12)9-6(10)4-3-5-7(9)11/h3-5,8,12H,2H2,1H3/t8-/m0/s1. The summed E-state index contributed by atoms with van der Waals surface area (Å²) in [4.78, 5) is 0. The van der Waals surface area contributed by atoms with Gasteiger partial charge in [-0.15, -0.1) is 0 Å². The lowest BCUT2D eigenvalue weighted by molar-refractivity contribution is 0.174. The molecule has 0 saturated heterocycles. The summed E-state index contributed by atoms with van der Waals surface area (Å²) in [6.07, 6.45) is 0.0508. The molecule has 0 bridgehead atoms. The molecule has 0 heterocycles. The van der Waals surface area contributed by atoms with Crippen LogP contribution in [0.25, 0.3) is 0 Å². The summed E-state index contributed by atoms with van der Waals surface area (Å²) in [7, 11) is 0. The first-order valence-electron chi connectivity index (χ1n) is 3.78. The van der Waals surface area contributed by atoms with E-state index in [1.165, 1.54) is 0 Å². The minimum absolute atomic E-state index is 0.525. The molecular weight excluding hydrogens is 195 g/mol. The lowest BCUT2D eigenvalue weighted by atomic mass is 10.1. The highest BCUT2D eigenvalue weighted by Gasteiger charge is 2.12. The summed E-state index contributed by atoms with van der Waals surface area (Å²) in [5.74, 6) is 0. The van der Waals surface area contributed by atoms with Gasteiger partial charge < -0.3 is 5.11 Å². The molecule has 0 amide bonds. The van der Waals surface area contributed by atoms with E-state index >= 15 is 0 Å². The van der Waals surface area contributed by atoms with Gasteiger partial charge in [0.2, 0.25) is 0 Å². The zero-order valence-electron chi connectivity index (χ0n) is 6.72. The monoisotopic (exact) mass is 204 g/mol. The lowest BCUT2D eigenvalue weighted by Gasteiger charge is -2.11. The minimum Gasteiger partial charge on any atom is -0.388 e. The van der Waals surface area contributed by atoms with Crippen LogP contribution in [0.2, 0.25) is 10.0 Å². The molecule has 0 radical (unpaired) electrons. The van der Waals surface area contributed by atoms with Crippen LogP contribution in [-0.4, -0.2) is 5.11 Å². The summed E-state index contributed by atoms with van der Waals surface area (Å²) in [6.45, 7) is 1.88. The topological polar surface area (TPSA) is 20.2 Å². The molecule has 1 nitrogen and oxygen atoms in total. The Labute approximate surface area is 81.9 Å². The fourth-order valence-corrected chi connectivity index (χ4v) is 1.68. The average molecular weight is 205 g/mol. The van der Waals surface area contributed by atoms with Crippen molar-refractivity contribution in [3.05, 3.63) is 33.8 Å². The van der Waals surface area contributed by atoms with E-state index in [4.69, 9.17) is 23.2 Å². The summed E-state index contributed by atoms with van der Waals surface area (Å²) in [5.41, 5.74) is 0.628. The second-order valence-corrected chi connectivity index (χ2v) is 3.37. The van der Waals surface area contributed by atoms with Crippen LogP contribution in [0.4, 0.5) is 0 Å². The van der Waals surface area contributed by atoms with Crippen LogP contribution in [0.15, 0.2) is 18.2 Å². The predicted octanol–water partition coefficient (Wildman–Crippen LogP) is 3.44. The zero-order valence-corrected chi connectivity index (χ0v) is 8.23. The maximum atomic E-state index is 9.52. The van der Waals surface area contributed by atoms with Gasteiger partial charge in [-0.2, -0.15) is 0 Å². The summed E-state index contributed by atoms with van der Waals surface area (Å²) < 4.78 is 0. The Kier molecular flexibility index (Phi) is 3.39. The molecule has 0 saturated carbocycles. The fraction of sp³-hybridized carbons (Fsp3) is 0.333. The van der Waals surface area contributed by atoms with Crippen molar-refractivity contribution in [2.45, 2.75) is 19.4 Å². The number of aliphatic hydroxyl groups is 1. The van der Waals surface area contributed by atoms with Gasteiger partial charge in [-0.1, -0.05) is 36.2 Å². The largest absolute Gasteiger partial charge is 0.388 e. The first kappa shape index (κ1) is 9.85. The number of aliphatic hydroxyl groups excluding tert-OH is 1. The molecule has 0 unspecified atom stereocenters. The van der Waals surface area contributed by atoms with Crippen LogP contribution in [0.1, 0.15) is 25.0 Å². The Morgan fingerprint density at radius 2 is 1.83 bits per heavy atom. The van der Waals surface area contributed by atoms with Crippen molar-refractivity contribution in [2.24, 2.45) is 0 Å². The van der Waals surface area contributed by atoms with E-state index in [1.54, 1.807) is 18.2 Å². The zero-order chi connectivity index (χ0) is 9.14.